The summed E-state index contributed by atoms with van der Waals surface area (Å²) in [6, 6.07) is 11.6. The zero-order valence-electron chi connectivity index (χ0n) is 13.3. The lowest BCUT2D eigenvalue weighted by molar-refractivity contribution is 0.602. The van der Waals surface area contributed by atoms with Gasteiger partial charge < -0.3 is 0 Å². The van der Waals surface area contributed by atoms with Gasteiger partial charge in [0, 0.05) is 12.7 Å². The number of fused-ring (bicyclic) bond motifs is 1. The van der Waals surface area contributed by atoms with Crippen LogP contribution in [0.5, 0.6) is 0 Å². The van der Waals surface area contributed by atoms with Crippen molar-refractivity contribution in [3.63, 3.8) is 0 Å². The van der Waals surface area contributed by atoms with Crippen LogP contribution >= 0.6 is 11.3 Å². The third kappa shape index (κ3) is 3.40. The molecular weight excluding hydrogens is 306 g/mol. The molecular formula is C18H19N3OS. The Labute approximate surface area is 138 Å². The Hall–Kier alpha value is -2.27. The number of pyridine rings is 1. The van der Waals surface area contributed by atoms with Crippen LogP contribution in [0.4, 0.5) is 5.69 Å². The molecule has 0 aliphatic rings. The first-order valence-electron chi connectivity index (χ1n) is 7.79. The minimum Gasteiger partial charge on any atom is -0.284 e. The van der Waals surface area contributed by atoms with Crippen LogP contribution in [0.2, 0.25) is 0 Å². The number of hydrogen-bond donors (Lipinski definition) is 0. The molecule has 3 aromatic rings. The number of unbranched alkanes of at least 4 members (excludes halogenated alkanes) is 1. The number of hydrogen-bond acceptors (Lipinski definition) is 4. The summed E-state index contributed by atoms with van der Waals surface area (Å²) >= 11 is 1.46. The maximum Gasteiger partial charge on any atom is 0.263 e. The lowest BCUT2D eigenvalue weighted by Gasteiger charge is -2.07. The molecule has 0 aliphatic heterocycles. The Morgan fingerprint density at radius 3 is 2.74 bits per heavy atom. The highest BCUT2D eigenvalue weighted by atomic mass is 32.1. The van der Waals surface area contributed by atoms with E-state index in [2.05, 4.69) is 16.9 Å². The van der Waals surface area contributed by atoms with Crippen molar-refractivity contribution in [3.05, 3.63) is 63.3 Å². The fraction of sp³-hybridized carbons (Fsp3) is 0.278. The molecule has 1 aromatic carbocycles. The van der Waals surface area contributed by atoms with Gasteiger partial charge in [-0.15, -0.1) is 0 Å². The van der Waals surface area contributed by atoms with E-state index >= 15 is 0 Å². The maximum atomic E-state index is 12.8. The van der Waals surface area contributed by atoms with Crippen LogP contribution in [0.1, 0.15) is 25.3 Å². The predicted octanol–water partition coefficient (Wildman–Crippen LogP) is 3.80. The van der Waals surface area contributed by atoms with Gasteiger partial charge in [-0.05, 0) is 37.6 Å². The van der Waals surface area contributed by atoms with Crippen molar-refractivity contribution in [2.45, 2.75) is 33.2 Å². The van der Waals surface area contributed by atoms with Crippen molar-refractivity contribution >= 4 is 27.2 Å². The summed E-state index contributed by atoms with van der Waals surface area (Å²) in [5, 5.41) is 0.663. The molecule has 23 heavy (non-hydrogen) atoms. The number of rotatable bonds is 4. The topological polar surface area (TPSA) is 47.2 Å². The van der Waals surface area contributed by atoms with E-state index in [0.717, 1.165) is 23.4 Å². The fourth-order valence-electron chi connectivity index (χ4n) is 2.34. The van der Waals surface area contributed by atoms with E-state index in [-0.39, 0.29) is 5.56 Å². The normalized spacial score (nSPS) is 12.0. The highest BCUT2D eigenvalue weighted by molar-refractivity contribution is 7.15. The second-order valence-corrected chi connectivity index (χ2v) is 6.45. The minimum atomic E-state index is -0.00818. The number of benzene rings is 1. The fourth-order valence-corrected chi connectivity index (χ4v) is 3.32. The van der Waals surface area contributed by atoms with Crippen molar-refractivity contribution < 1.29 is 0 Å². The quantitative estimate of drug-likeness (QED) is 0.732. The van der Waals surface area contributed by atoms with Crippen LogP contribution in [0.25, 0.3) is 10.2 Å². The summed E-state index contributed by atoms with van der Waals surface area (Å²) in [4.78, 5) is 23.2. The van der Waals surface area contributed by atoms with Gasteiger partial charge in [-0.3, -0.25) is 9.36 Å². The third-order valence-electron chi connectivity index (χ3n) is 3.66. The van der Waals surface area contributed by atoms with Gasteiger partial charge in [0.1, 0.15) is 4.83 Å². The first-order chi connectivity index (χ1) is 11.2. The summed E-state index contributed by atoms with van der Waals surface area (Å²) in [7, 11) is 0. The van der Waals surface area contributed by atoms with Crippen molar-refractivity contribution in [1.29, 1.82) is 0 Å². The molecule has 0 bridgehead atoms. The first kappa shape index (κ1) is 15.6. The van der Waals surface area contributed by atoms with E-state index in [9.17, 15) is 4.79 Å². The minimum absolute atomic E-state index is 0.00818. The number of aryl methyl sites for hydroxylation is 1. The Kier molecular flexibility index (Phi) is 4.67. The molecule has 2 aromatic heterocycles. The molecule has 118 valence electrons. The maximum absolute atomic E-state index is 12.8. The lowest BCUT2D eigenvalue weighted by Crippen LogP contribution is -2.32. The summed E-state index contributed by atoms with van der Waals surface area (Å²) in [6.07, 6.45) is 3.70. The molecule has 0 unspecified atom stereocenters. The second kappa shape index (κ2) is 6.87. The van der Waals surface area contributed by atoms with Crippen molar-refractivity contribution in [3.8, 4) is 0 Å². The number of nitrogens with zero attached hydrogens (tertiary/aromatic N) is 3. The molecule has 0 radical (unpaired) electrons. The predicted molar refractivity (Wildman–Crippen MR) is 95.2 cm³/mol. The SMILES string of the molecule is CCCCn1c(=O)c2cccnc2s/c1=N\c1ccc(C)cc1. The molecule has 0 saturated heterocycles. The van der Waals surface area contributed by atoms with Gasteiger partial charge in [0.15, 0.2) is 4.80 Å². The van der Waals surface area contributed by atoms with E-state index < -0.39 is 0 Å². The van der Waals surface area contributed by atoms with E-state index in [0.29, 0.717) is 16.7 Å². The molecule has 2 heterocycles. The summed E-state index contributed by atoms with van der Waals surface area (Å²) in [5.41, 5.74) is 2.04. The van der Waals surface area contributed by atoms with Crippen molar-refractivity contribution in [2.75, 3.05) is 0 Å². The highest BCUT2D eigenvalue weighted by Crippen LogP contribution is 2.13. The molecule has 0 N–H and O–H groups in total. The van der Waals surface area contributed by atoms with E-state index in [4.69, 9.17) is 0 Å². The van der Waals surface area contributed by atoms with Crippen LogP contribution in [-0.4, -0.2) is 9.55 Å². The van der Waals surface area contributed by atoms with Crippen LogP contribution in [-0.2, 0) is 6.54 Å². The molecule has 0 amide bonds. The molecule has 0 aliphatic carbocycles. The summed E-state index contributed by atoms with van der Waals surface area (Å²) in [6.45, 7) is 4.85. The van der Waals surface area contributed by atoms with Gasteiger partial charge >= 0.3 is 0 Å². The lowest BCUT2D eigenvalue weighted by atomic mass is 10.2. The third-order valence-corrected chi connectivity index (χ3v) is 4.67. The van der Waals surface area contributed by atoms with Crippen molar-refractivity contribution in [2.24, 2.45) is 4.99 Å². The molecule has 0 fully saturated rings. The Morgan fingerprint density at radius 2 is 2.00 bits per heavy atom. The standard InChI is InChI=1S/C18H19N3OS/c1-3-4-12-21-17(22)15-6-5-11-19-16(15)23-18(21)20-14-9-7-13(2)8-10-14/h5-11H,3-4,12H2,1-2H3/b20-18-. The van der Waals surface area contributed by atoms with Crippen LogP contribution in [0, 0.1) is 6.92 Å². The molecule has 4 nitrogen and oxygen atoms in total. The average molecular weight is 325 g/mol. The summed E-state index contributed by atoms with van der Waals surface area (Å²) in [5.74, 6) is 0. The molecule has 5 heteroatoms. The Morgan fingerprint density at radius 1 is 1.22 bits per heavy atom. The van der Waals surface area contributed by atoms with Crippen molar-refractivity contribution in [1.82, 2.24) is 9.55 Å². The van der Waals surface area contributed by atoms with E-state index in [1.165, 1.54) is 16.9 Å². The second-order valence-electron chi connectivity index (χ2n) is 5.50. The molecule has 3 rings (SSSR count). The molecule has 0 atom stereocenters. The average Bonchev–Trinajstić information content (AvgIpc) is 2.57. The van der Waals surface area contributed by atoms with E-state index in [1.807, 2.05) is 37.3 Å². The van der Waals surface area contributed by atoms with Gasteiger partial charge in [-0.25, -0.2) is 9.98 Å². The largest absolute Gasteiger partial charge is 0.284 e. The van der Waals surface area contributed by atoms with Gasteiger partial charge in [-0.1, -0.05) is 42.4 Å². The molecule has 0 saturated carbocycles. The number of aromatic nitrogens is 2. The van der Waals surface area contributed by atoms with Gasteiger partial charge in [0.25, 0.3) is 5.56 Å². The Balaban J connectivity index is 2.24. The smallest absolute Gasteiger partial charge is 0.263 e. The van der Waals surface area contributed by atoms with Crippen LogP contribution in [0.3, 0.4) is 0 Å². The Bertz CT molecular complexity index is 939. The van der Waals surface area contributed by atoms with Crippen LogP contribution in [0.15, 0.2) is 52.4 Å². The van der Waals surface area contributed by atoms with Gasteiger partial charge in [0.2, 0.25) is 0 Å². The summed E-state index contributed by atoms with van der Waals surface area (Å²) < 4.78 is 1.78. The zero-order valence-corrected chi connectivity index (χ0v) is 14.1. The van der Waals surface area contributed by atoms with E-state index in [1.54, 1.807) is 16.8 Å². The van der Waals surface area contributed by atoms with Crippen LogP contribution < -0.4 is 10.4 Å². The monoisotopic (exact) mass is 325 g/mol. The van der Waals surface area contributed by atoms with Gasteiger partial charge in [-0.2, -0.15) is 0 Å². The first-order valence-corrected chi connectivity index (χ1v) is 8.61. The van der Waals surface area contributed by atoms with Gasteiger partial charge in [0.05, 0.1) is 11.1 Å². The molecule has 0 spiro atoms. The highest BCUT2D eigenvalue weighted by Gasteiger charge is 2.07. The zero-order chi connectivity index (χ0) is 16.2.